The van der Waals surface area contributed by atoms with Crippen molar-refractivity contribution in [1.29, 1.82) is 0 Å². The summed E-state index contributed by atoms with van der Waals surface area (Å²) in [5.74, 6) is -0.178. The SMILES string of the molecule is O=C(c1cccc(S(=O)(=O)N2CCOCC2)c1)N1CCCCC1C1OCCO1. The molecule has 1 unspecified atom stereocenters. The second-order valence-electron chi connectivity index (χ2n) is 7.22. The molecule has 28 heavy (non-hydrogen) atoms. The van der Waals surface area contributed by atoms with Gasteiger partial charge >= 0.3 is 0 Å². The monoisotopic (exact) mass is 410 g/mol. The number of amides is 1. The van der Waals surface area contributed by atoms with Crippen LogP contribution in [0.5, 0.6) is 0 Å². The van der Waals surface area contributed by atoms with Gasteiger partial charge in [0.2, 0.25) is 10.0 Å². The third-order valence-corrected chi connectivity index (χ3v) is 7.36. The van der Waals surface area contributed by atoms with Gasteiger partial charge in [-0.3, -0.25) is 4.79 Å². The zero-order valence-corrected chi connectivity index (χ0v) is 16.6. The number of sulfonamides is 1. The van der Waals surface area contributed by atoms with E-state index in [0.29, 0.717) is 51.6 Å². The first-order valence-corrected chi connectivity index (χ1v) is 11.2. The summed E-state index contributed by atoms with van der Waals surface area (Å²) >= 11 is 0. The minimum absolute atomic E-state index is 0.136. The summed E-state index contributed by atoms with van der Waals surface area (Å²) in [6.07, 6.45) is 2.36. The van der Waals surface area contributed by atoms with Gasteiger partial charge in [-0.1, -0.05) is 6.07 Å². The molecule has 4 rings (SSSR count). The first kappa shape index (κ1) is 19.8. The second kappa shape index (κ2) is 8.46. The minimum atomic E-state index is -3.64. The first-order valence-electron chi connectivity index (χ1n) is 9.79. The predicted octanol–water partition coefficient (Wildman–Crippen LogP) is 1.08. The van der Waals surface area contributed by atoms with Crippen molar-refractivity contribution >= 4 is 15.9 Å². The van der Waals surface area contributed by atoms with Crippen LogP contribution >= 0.6 is 0 Å². The van der Waals surface area contributed by atoms with Crippen LogP contribution in [-0.4, -0.2) is 81.9 Å². The number of hydrogen-bond acceptors (Lipinski definition) is 6. The zero-order chi connectivity index (χ0) is 19.6. The van der Waals surface area contributed by atoms with Gasteiger partial charge in [0, 0.05) is 25.2 Å². The quantitative estimate of drug-likeness (QED) is 0.738. The first-order chi connectivity index (χ1) is 13.6. The van der Waals surface area contributed by atoms with Gasteiger partial charge in [-0.15, -0.1) is 0 Å². The summed E-state index contributed by atoms with van der Waals surface area (Å²) in [5.41, 5.74) is 0.374. The molecular weight excluding hydrogens is 384 g/mol. The van der Waals surface area contributed by atoms with E-state index >= 15 is 0 Å². The third-order valence-electron chi connectivity index (χ3n) is 5.46. The second-order valence-corrected chi connectivity index (χ2v) is 9.15. The van der Waals surface area contributed by atoms with Crippen molar-refractivity contribution in [2.75, 3.05) is 46.1 Å². The predicted molar refractivity (Wildman–Crippen MR) is 100 cm³/mol. The van der Waals surface area contributed by atoms with Gasteiger partial charge in [0.05, 0.1) is 37.4 Å². The van der Waals surface area contributed by atoms with E-state index in [-0.39, 0.29) is 16.8 Å². The average Bonchev–Trinajstić information content (AvgIpc) is 3.29. The number of morpholine rings is 1. The van der Waals surface area contributed by atoms with Crippen LogP contribution < -0.4 is 0 Å². The maximum atomic E-state index is 13.2. The van der Waals surface area contributed by atoms with E-state index in [0.717, 1.165) is 19.3 Å². The number of piperidine rings is 1. The summed E-state index contributed by atoms with van der Waals surface area (Å²) in [7, 11) is -3.64. The lowest BCUT2D eigenvalue weighted by atomic mass is 10.00. The molecule has 1 atom stereocenters. The van der Waals surface area contributed by atoms with E-state index < -0.39 is 16.3 Å². The van der Waals surface area contributed by atoms with E-state index in [1.807, 2.05) is 0 Å². The highest BCUT2D eigenvalue weighted by Crippen LogP contribution is 2.27. The van der Waals surface area contributed by atoms with Gasteiger partial charge in [0.1, 0.15) is 0 Å². The standard InChI is InChI=1S/C19H26N2O6S/c22-18(21-7-2-1-6-17(21)19-26-12-13-27-19)15-4-3-5-16(14-15)28(23,24)20-8-10-25-11-9-20/h3-5,14,17,19H,1-2,6-13H2. The lowest BCUT2D eigenvalue weighted by Gasteiger charge is -2.38. The Balaban J connectivity index is 1.56. The molecule has 3 aliphatic rings. The fourth-order valence-corrected chi connectivity index (χ4v) is 5.44. The molecule has 0 N–H and O–H groups in total. The van der Waals surface area contributed by atoms with E-state index in [2.05, 4.69) is 0 Å². The fourth-order valence-electron chi connectivity index (χ4n) is 3.98. The molecule has 1 aromatic carbocycles. The number of carbonyl (C=O) groups excluding carboxylic acids is 1. The number of likely N-dealkylation sites (tertiary alicyclic amines) is 1. The normalized spacial score (nSPS) is 25.1. The van der Waals surface area contributed by atoms with Crippen molar-refractivity contribution in [2.45, 2.75) is 36.5 Å². The molecule has 9 heteroatoms. The Morgan fingerprint density at radius 2 is 1.75 bits per heavy atom. The molecular formula is C19H26N2O6S. The number of ether oxygens (including phenoxy) is 3. The Labute approximate surface area is 165 Å². The highest BCUT2D eigenvalue weighted by Gasteiger charge is 2.37. The van der Waals surface area contributed by atoms with Crippen molar-refractivity contribution in [3.05, 3.63) is 29.8 Å². The molecule has 1 amide bonds. The Bertz CT molecular complexity index is 802. The lowest BCUT2D eigenvalue weighted by molar-refractivity contribution is -0.100. The van der Waals surface area contributed by atoms with Crippen molar-refractivity contribution in [1.82, 2.24) is 9.21 Å². The van der Waals surface area contributed by atoms with Crippen molar-refractivity contribution in [3.63, 3.8) is 0 Å². The molecule has 3 aliphatic heterocycles. The highest BCUT2D eigenvalue weighted by atomic mass is 32.2. The van der Waals surface area contributed by atoms with Gasteiger partial charge in [-0.2, -0.15) is 4.31 Å². The summed E-state index contributed by atoms with van der Waals surface area (Å²) in [5, 5.41) is 0. The molecule has 8 nitrogen and oxygen atoms in total. The summed E-state index contributed by atoms with van der Waals surface area (Å²) in [4.78, 5) is 15.1. The van der Waals surface area contributed by atoms with Crippen LogP contribution in [0.2, 0.25) is 0 Å². The highest BCUT2D eigenvalue weighted by molar-refractivity contribution is 7.89. The molecule has 0 radical (unpaired) electrons. The van der Waals surface area contributed by atoms with Crippen molar-refractivity contribution in [2.24, 2.45) is 0 Å². The largest absolute Gasteiger partial charge is 0.379 e. The lowest BCUT2D eigenvalue weighted by Crippen LogP contribution is -2.50. The number of nitrogens with zero attached hydrogens (tertiary/aromatic N) is 2. The van der Waals surface area contributed by atoms with Crippen LogP contribution in [0.15, 0.2) is 29.2 Å². The number of rotatable bonds is 4. The Hall–Kier alpha value is -1.52. The van der Waals surface area contributed by atoms with Gasteiger partial charge in [0.25, 0.3) is 5.91 Å². The third kappa shape index (κ3) is 3.95. The van der Waals surface area contributed by atoms with Crippen LogP contribution in [0.4, 0.5) is 0 Å². The fraction of sp³-hybridized carbons (Fsp3) is 0.632. The summed E-state index contributed by atoms with van der Waals surface area (Å²) in [6, 6.07) is 6.18. The smallest absolute Gasteiger partial charge is 0.254 e. The Morgan fingerprint density at radius 3 is 2.50 bits per heavy atom. The molecule has 154 valence electrons. The van der Waals surface area contributed by atoms with Crippen LogP contribution in [0.25, 0.3) is 0 Å². The van der Waals surface area contributed by atoms with Crippen molar-refractivity contribution in [3.8, 4) is 0 Å². The maximum Gasteiger partial charge on any atom is 0.254 e. The van der Waals surface area contributed by atoms with E-state index in [1.165, 1.54) is 10.4 Å². The summed E-state index contributed by atoms with van der Waals surface area (Å²) in [6.45, 7) is 3.11. The molecule has 0 saturated carbocycles. The molecule has 0 spiro atoms. The maximum absolute atomic E-state index is 13.2. The molecule has 3 saturated heterocycles. The van der Waals surface area contributed by atoms with Crippen LogP contribution in [0.3, 0.4) is 0 Å². The Morgan fingerprint density at radius 1 is 1.00 bits per heavy atom. The van der Waals surface area contributed by atoms with Crippen molar-refractivity contribution < 1.29 is 27.4 Å². The van der Waals surface area contributed by atoms with E-state index in [1.54, 1.807) is 23.1 Å². The van der Waals surface area contributed by atoms with Gasteiger partial charge in [0.15, 0.2) is 6.29 Å². The zero-order valence-electron chi connectivity index (χ0n) is 15.8. The molecule has 0 aliphatic carbocycles. The number of hydrogen-bond donors (Lipinski definition) is 0. The average molecular weight is 410 g/mol. The molecule has 3 heterocycles. The van der Waals surface area contributed by atoms with Gasteiger partial charge in [-0.05, 0) is 37.5 Å². The van der Waals surface area contributed by atoms with Crippen LogP contribution in [0.1, 0.15) is 29.6 Å². The van der Waals surface area contributed by atoms with Gasteiger partial charge in [-0.25, -0.2) is 8.42 Å². The molecule has 0 bridgehead atoms. The molecule has 1 aromatic rings. The number of benzene rings is 1. The topological polar surface area (TPSA) is 85.4 Å². The summed E-state index contributed by atoms with van der Waals surface area (Å²) < 4.78 is 43.8. The van der Waals surface area contributed by atoms with Gasteiger partial charge < -0.3 is 19.1 Å². The minimum Gasteiger partial charge on any atom is -0.379 e. The molecule has 0 aromatic heterocycles. The molecule has 3 fully saturated rings. The van der Waals surface area contributed by atoms with Crippen LogP contribution in [0, 0.1) is 0 Å². The van der Waals surface area contributed by atoms with Crippen LogP contribution in [-0.2, 0) is 24.2 Å². The number of carbonyl (C=O) groups is 1. The van der Waals surface area contributed by atoms with E-state index in [9.17, 15) is 13.2 Å². The Kier molecular flexibility index (Phi) is 5.98. The van der Waals surface area contributed by atoms with E-state index in [4.69, 9.17) is 14.2 Å².